The van der Waals surface area contributed by atoms with E-state index in [1.807, 2.05) is 26.2 Å². The lowest BCUT2D eigenvalue weighted by atomic mass is 9.87. The van der Waals surface area contributed by atoms with Gasteiger partial charge in [-0.2, -0.15) is 0 Å². The molecule has 0 bridgehead atoms. The van der Waals surface area contributed by atoms with Gasteiger partial charge in [0.2, 0.25) is 0 Å². The summed E-state index contributed by atoms with van der Waals surface area (Å²) in [6.45, 7) is 8.82. The molecule has 0 saturated heterocycles. The van der Waals surface area contributed by atoms with Gasteiger partial charge in [-0.3, -0.25) is 0 Å². The van der Waals surface area contributed by atoms with E-state index in [1.54, 1.807) is 0 Å². The van der Waals surface area contributed by atoms with Crippen molar-refractivity contribution in [3.8, 4) is 39.4 Å². The number of H-pyrrole nitrogens is 2. The number of hydrogen-bond donors (Lipinski definition) is 2. The van der Waals surface area contributed by atoms with E-state index in [0.717, 1.165) is 39.9 Å². The molecule has 2 aromatic heterocycles. The molecule has 1 aliphatic heterocycles. The number of benzene rings is 2. The van der Waals surface area contributed by atoms with Crippen molar-refractivity contribution in [3.63, 3.8) is 0 Å². The number of nitrogens with one attached hydrogen (secondary N) is 2. The Kier molecular flexibility index (Phi) is 3.66. The van der Waals surface area contributed by atoms with E-state index in [1.165, 1.54) is 27.8 Å². The fourth-order valence-electron chi connectivity index (χ4n) is 4.12. The lowest BCUT2D eigenvalue weighted by Gasteiger charge is -2.25. The van der Waals surface area contributed by atoms with E-state index in [-0.39, 0.29) is 0 Å². The van der Waals surface area contributed by atoms with Crippen LogP contribution in [0.25, 0.3) is 33.6 Å². The molecule has 3 heterocycles. The molecule has 28 heavy (non-hydrogen) atoms. The Labute approximate surface area is 163 Å². The van der Waals surface area contributed by atoms with E-state index >= 15 is 0 Å². The fourth-order valence-corrected chi connectivity index (χ4v) is 4.12. The van der Waals surface area contributed by atoms with Gasteiger partial charge in [-0.25, -0.2) is 9.97 Å². The first-order chi connectivity index (χ1) is 13.5. The fraction of sp³-hybridized carbons (Fsp3) is 0.217. The molecule has 0 spiro atoms. The van der Waals surface area contributed by atoms with Gasteiger partial charge in [-0.15, -0.1) is 0 Å². The van der Waals surface area contributed by atoms with Crippen molar-refractivity contribution >= 4 is 0 Å². The Bertz CT molecular complexity index is 1120. The summed E-state index contributed by atoms with van der Waals surface area (Å²) in [6, 6.07) is 8.76. The second-order valence-electron chi connectivity index (χ2n) is 7.55. The van der Waals surface area contributed by atoms with Gasteiger partial charge in [0.1, 0.15) is 24.0 Å². The summed E-state index contributed by atoms with van der Waals surface area (Å²) in [5.74, 6) is 2.77. The highest BCUT2D eigenvalue weighted by molar-refractivity contribution is 5.85. The first kappa shape index (κ1) is 16.8. The smallest absolute Gasteiger partial charge is 0.128 e. The van der Waals surface area contributed by atoms with Gasteiger partial charge in [-0.05, 0) is 74.2 Å². The molecule has 5 rings (SSSR count). The number of aryl methyl sites for hydroxylation is 4. The summed E-state index contributed by atoms with van der Waals surface area (Å²) in [7, 11) is 0. The zero-order valence-corrected chi connectivity index (χ0v) is 16.5. The zero-order valence-electron chi connectivity index (χ0n) is 16.5. The molecular formula is C23H22N4O. The van der Waals surface area contributed by atoms with Crippen LogP contribution in [-0.2, 0) is 6.61 Å². The van der Waals surface area contributed by atoms with Crippen LogP contribution in [0.3, 0.4) is 0 Å². The molecule has 140 valence electrons. The maximum atomic E-state index is 6.19. The molecule has 0 amide bonds. The van der Waals surface area contributed by atoms with Gasteiger partial charge in [0.25, 0.3) is 0 Å². The van der Waals surface area contributed by atoms with Crippen LogP contribution in [0.15, 0.2) is 36.7 Å². The molecule has 1 aliphatic rings. The number of rotatable bonds is 2. The second-order valence-corrected chi connectivity index (χ2v) is 7.55. The Morgan fingerprint density at radius 1 is 0.750 bits per heavy atom. The summed E-state index contributed by atoms with van der Waals surface area (Å²) < 4.78 is 6.19. The van der Waals surface area contributed by atoms with Gasteiger partial charge in [0, 0.05) is 16.7 Å². The van der Waals surface area contributed by atoms with Crippen molar-refractivity contribution in [1.29, 1.82) is 0 Å². The molecule has 0 aliphatic carbocycles. The normalized spacial score (nSPS) is 12.4. The number of aromatic amines is 2. The number of ether oxygens (including phenoxy) is 1. The van der Waals surface area contributed by atoms with Crippen LogP contribution in [-0.4, -0.2) is 19.9 Å². The number of nitrogens with zero attached hydrogens (tertiary/aromatic N) is 2. The van der Waals surface area contributed by atoms with E-state index in [4.69, 9.17) is 4.74 Å². The average Bonchev–Trinajstić information content (AvgIpc) is 3.29. The molecule has 0 fully saturated rings. The summed E-state index contributed by atoms with van der Waals surface area (Å²) in [5.41, 5.74) is 10.4. The van der Waals surface area contributed by atoms with Gasteiger partial charge >= 0.3 is 0 Å². The molecular weight excluding hydrogens is 348 g/mol. The predicted molar refractivity (Wildman–Crippen MR) is 110 cm³/mol. The standard InChI is InChI=1S/C23H22N4O/c1-12-5-16(19-9-24-14(3)26-19)7-18-11-28-21-8-17(20-10-25-15(4)27-20)6-13(2)23(21)22(12)18/h5-10H,11H2,1-4H3,(H,24,26)(H,25,27). The van der Waals surface area contributed by atoms with Gasteiger partial charge in [0.15, 0.2) is 0 Å². The van der Waals surface area contributed by atoms with Crippen LogP contribution >= 0.6 is 0 Å². The van der Waals surface area contributed by atoms with Crippen LogP contribution < -0.4 is 4.74 Å². The van der Waals surface area contributed by atoms with Crippen molar-refractivity contribution in [2.24, 2.45) is 0 Å². The minimum atomic E-state index is 0.565. The van der Waals surface area contributed by atoms with Crippen LogP contribution in [0, 0.1) is 27.7 Å². The third kappa shape index (κ3) is 2.62. The molecule has 2 aromatic carbocycles. The van der Waals surface area contributed by atoms with Crippen LogP contribution in [0.4, 0.5) is 0 Å². The van der Waals surface area contributed by atoms with Gasteiger partial charge in [0.05, 0.1) is 23.8 Å². The van der Waals surface area contributed by atoms with Gasteiger partial charge < -0.3 is 14.7 Å². The number of hydrogen-bond acceptors (Lipinski definition) is 3. The minimum Gasteiger partial charge on any atom is -0.488 e. The average molecular weight is 370 g/mol. The molecule has 5 heteroatoms. The van der Waals surface area contributed by atoms with Crippen molar-refractivity contribution in [2.75, 3.05) is 0 Å². The highest BCUT2D eigenvalue weighted by atomic mass is 16.5. The third-order valence-corrected chi connectivity index (χ3v) is 5.38. The van der Waals surface area contributed by atoms with Crippen molar-refractivity contribution in [1.82, 2.24) is 19.9 Å². The topological polar surface area (TPSA) is 66.6 Å². The van der Waals surface area contributed by atoms with Crippen molar-refractivity contribution in [3.05, 3.63) is 65.0 Å². The maximum Gasteiger partial charge on any atom is 0.128 e. The Balaban J connectivity index is 1.65. The maximum absolute atomic E-state index is 6.19. The van der Waals surface area contributed by atoms with Crippen LogP contribution in [0.1, 0.15) is 28.3 Å². The highest BCUT2D eigenvalue weighted by Gasteiger charge is 2.23. The number of fused-ring (bicyclic) bond motifs is 3. The molecule has 5 nitrogen and oxygen atoms in total. The number of aromatic nitrogens is 4. The molecule has 2 N–H and O–H groups in total. The van der Waals surface area contributed by atoms with Crippen LogP contribution in [0.2, 0.25) is 0 Å². The largest absolute Gasteiger partial charge is 0.488 e. The molecule has 0 radical (unpaired) electrons. The lowest BCUT2D eigenvalue weighted by Crippen LogP contribution is -2.09. The van der Waals surface area contributed by atoms with Crippen molar-refractivity contribution in [2.45, 2.75) is 34.3 Å². The molecule has 0 unspecified atom stereocenters. The third-order valence-electron chi connectivity index (χ3n) is 5.38. The van der Waals surface area contributed by atoms with E-state index in [9.17, 15) is 0 Å². The Morgan fingerprint density at radius 3 is 1.89 bits per heavy atom. The predicted octanol–water partition coefficient (Wildman–Crippen LogP) is 5.26. The summed E-state index contributed by atoms with van der Waals surface area (Å²) in [6.07, 6.45) is 3.76. The second kappa shape index (κ2) is 6.09. The Morgan fingerprint density at radius 2 is 1.32 bits per heavy atom. The zero-order chi connectivity index (χ0) is 19.4. The molecule has 0 atom stereocenters. The lowest BCUT2D eigenvalue weighted by molar-refractivity contribution is 0.302. The van der Waals surface area contributed by atoms with E-state index in [0.29, 0.717) is 6.61 Å². The monoisotopic (exact) mass is 370 g/mol. The Hall–Kier alpha value is -3.34. The summed E-state index contributed by atoms with van der Waals surface area (Å²) in [5, 5.41) is 0. The highest BCUT2D eigenvalue weighted by Crippen LogP contribution is 2.44. The first-order valence-corrected chi connectivity index (χ1v) is 9.45. The summed E-state index contributed by atoms with van der Waals surface area (Å²) >= 11 is 0. The first-order valence-electron chi connectivity index (χ1n) is 9.45. The van der Waals surface area contributed by atoms with Crippen molar-refractivity contribution < 1.29 is 4.74 Å². The van der Waals surface area contributed by atoms with E-state index < -0.39 is 0 Å². The quantitative estimate of drug-likeness (QED) is 0.506. The number of imidazole rings is 2. The minimum absolute atomic E-state index is 0.565. The summed E-state index contributed by atoms with van der Waals surface area (Å²) in [4.78, 5) is 15.3. The van der Waals surface area contributed by atoms with Gasteiger partial charge in [-0.1, -0.05) is 0 Å². The van der Waals surface area contributed by atoms with E-state index in [2.05, 4.69) is 58.0 Å². The molecule has 0 saturated carbocycles. The van der Waals surface area contributed by atoms with Crippen LogP contribution in [0.5, 0.6) is 5.75 Å². The molecule has 4 aromatic rings. The SMILES string of the molecule is Cc1ncc(-c2cc(C)c3c(c2)COc2cc(-c4cnc(C)[nH]4)cc(C)c2-3)[nH]1.